The zero-order chi connectivity index (χ0) is 9.07. The Hall–Kier alpha value is 0.630. The van der Waals surface area contributed by atoms with Crippen LogP contribution in [0.1, 0.15) is 0 Å². The minimum Gasteiger partial charge on any atom is -0.357 e. The average molecular weight is 235 g/mol. The predicted octanol–water partition coefficient (Wildman–Crippen LogP) is 2.85. The molecule has 0 amide bonds. The summed E-state index contributed by atoms with van der Waals surface area (Å²) in [6.45, 7) is 0. The highest BCUT2D eigenvalue weighted by Gasteiger charge is 2.13. The fourth-order valence-corrected chi connectivity index (χ4v) is 2.53. The minimum atomic E-state index is -3.32. The Morgan fingerprint density at radius 1 is 1.55 bits per heavy atom. The van der Waals surface area contributed by atoms with Gasteiger partial charge < -0.3 is 4.90 Å². The number of amidine groups is 1. The van der Waals surface area contributed by atoms with Crippen LogP contribution in [-0.2, 0) is 4.57 Å². The summed E-state index contributed by atoms with van der Waals surface area (Å²) in [4.78, 5) is 1.70. The van der Waals surface area contributed by atoms with Crippen LogP contribution in [0.25, 0.3) is 0 Å². The number of thioether (sulfide) groups is 1. The van der Waals surface area contributed by atoms with Crippen LogP contribution >= 0.6 is 40.2 Å². The molecule has 0 radical (unpaired) electrons. The Bertz CT molecular complexity index is 202. The summed E-state index contributed by atoms with van der Waals surface area (Å²) < 4.78 is 14.4. The van der Waals surface area contributed by atoms with Gasteiger partial charge in [-0.1, -0.05) is 11.8 Å². The van der Waals surface area contributed by atoms with Crippen molar-refractivity contribution < 1.29 is 4.57 Å². The van der Waals surface area contributed by atoms with E-state index >= 15 is 0 Å². The molecule has 0 heterocycles. The van der Waals surface area contributed by atoms with E-state index in [2.05, 4.69) is 4.76 Å². The van der Waals surface area contributed by atoms with Crippen molar-refractivity contribution in [3.63, 3.8) is 0 Å². The first-order valence-corrected chi connectivity index (χ1v) is 7.37. The lowest BCUT2D eigenvalue weighted by Crippen LogP contribution is -2.17. The minimum absolute atomic E-state index is 0.554. The Kier molecular flexibility index (Phi) is 4.87. The third kappa shape index (κ3) is 5.85. The van der Waals surface area contributed by atoms with Crippen LogP contribution in [0.15, 0.2) is 4.76 Å². The third-order valence-corrected chi connectivity index (χ3v) is 2.60. The Morgan fingerprint density at radius 3 is 2.09 bits per heavy atom. The van der Waals surface area contributed by atoms with Gasteiger partial charge in [0.25, 0.3) is 0 Å². The topological polar surface area (TPSA) is 32.7 Å². The van der Waals surface area contributed by atoms with Crippen molar-refractivity contribution in [2.75, 3.05) is 20.4 Å². The first kappa shape index (κ1) is 11.6. The highest BCUT2D eigenvalue weighted by atomic mass is 35.9. The average Bonchev–Trinajstić information content (AvgIpc) is 1.80. The molecule has 0 rings (SSSR count). The molecule has 0 aliphatic heterocycles. The number of halogens is 2. The maximum absolute atomic E-state index is 10.8. The molecule has 3 nitrogen and oxygen atoms in total. The van der Waals surface area contributed by atoms with Crippen LogP contribution in [0.5, 0.6) is 0 Å². The smallest absolute Gasteiger partial charge is 0.357 e. The molecule has 66 valence electrons. The standard InChI is InChI=1S/C4H9Cl2N2OPS/c1-8(2)4(11-3)7-10(5,6)9/h1-3H3. The summed E-state index contributed by atoms with van der Waals surface area (Å²) in [5.74, 6) is -3.32. The molecule has 0 saturated heterocycles. The lowest BCUT2D eigenvalue weighted by atomic mass is 10.9. The molecule has 0 spiro atoms. The summed E-state index contributed by atoms with van der Waals surface area (Å²) in [6, 6.07) is 0. The molecule has 0 aliphatic rings. The van der Waals surface area contributed by atoms with E-state index in [1.807, 2.05) is 6.26 Å². The van der Waals surface area contributed by atoms with Gasteiger partial charge >= 0.3 is 6.00 Å². The highest BCUT2D eigenvalue weighted by Crippen LogP contribution is 2.58. The number of rotatable bonds is 1. The lowest BCUT2D eigenvalue weighted by Gasteiger charge is -2.12. The third-order valence-electron chi connectivity index (χ3n) is 0.767. The maximum Gasteiger partial charge on any atom is 0.366 e. The Labute approximate surface area is 80.1 Å². The van der Waals surface area contributed by atoms with Gasteiger partial charge in [-0.25, -0.2) is 0 Å². The van der Waals surface area contributed by atoms with E-state index in [4.69, 9.17) is 22.5 Å². The molecule has 0 bridgehead atoms. The Balaban J connectivity index is 4.50. The van der Waals surface area contributed by atoms with E-state index in [1.165, 1.54) is 11.8 Å². The van der Waals surface area contributed by atoms with Crippen LogP contribution in [0.2, 0.25) is 0 Å². The summed E-state index contributed by atoms with van der Waals surface area (Å²) in [7, 11) is 3.55. The van der Waals surface area contributed by atoms with Crippen molar-refractivity contribution in [2.24, 2.45) is 4.76 Å². The zero-order valence-electron chi connectivity index (χ0n) is 6.41. The molecule has 7 heteroatoms. The molecule has 0 aliphatic carbocycles. The maximum atomic E-state index is 10.8. The van der Waals surface area contributed by atoms with E-state index in [9.17, 15) is 4.57 Å². The van der Waals surface area contributed by atoms with Crippen LogP contribution in [0.3, 0.4) is 0 Å². The van der Waals surface area contributed by atoms with Crippen LogP contribution in [0.4, 0.5) is 0 Å². The normalized spacial score (nSPS) is 13.4. The largest absolute Gasteiger partial charge is 0.366 e. The van der Waals surface area contributed by atoms with Gasteiger partial charge in [-0.3, -0.25) is 4.57 Å². The highest BCUT2D eigenvalue weighted by molar-refractivity contribution is 8.14. The second-order valence-corrected chi connectivity index (χ2v) is 7.03. The monoisotopic (exact) mass is 234 g/mol. The van der Waals surface area contributed by atoms with Gasteiger partial charge in [-0.2, -0.15) is 4.76 Å². The van der Waals surface area contributed by atoms with Crippen molar-refractivity contribution >= 4 is 45.4 Å². The molecule has 0 fully saturated rings. The molecule has 0 aromatic heterocycles. The number of nitrogens with zero attached hydrogens (tertiary/aromatic N) is 2. The van der Waals surface area contributed by atoms with Crippen molar-refractivity contribution in [3.05, 3.63) is 0 Å². The van der Waals surface area contributed by atoms with E-state index in [0.29, 0.717) is 5.17 Å². The number of hydrogen-bond donors (Lipinski definition) is 0. The van der Waals surface area contributed by atoms with Gasteiger partial charge in [0.15, 0.2) is 5.17 Å². The fraction of sp³-hybridized carbons (Fsp3) is 0.750. The van der Waals surface area contributed by atoms with Crippen LogP contribution in [-0.4, -0.2) is 30.4 Å². The van der Waals surface area contributed by atoms with E-state index in [0.717, 1.165) is 0 Å². The second-order valence-electron chi connectivity index (χ2n) is 1.92. The second kappa shape index (κ2) is 4.61. The summed E-state index contributed by atoms with van der Waals surface area (Å²) in [5, 5.41) is 0.554. The molecule has 0 aromatic carbocycles. The van der Waals surface area contributed by atoms with E-state index < -0.39 is 6.00 Å². The first-order valence-electron chi connectivity index (χ1n) is 2.67. The zero-order valence-corrected chi connectivity index (χ0v) is 9.64. The van der Waals surface area contributed by atoms with Gasteiger partial charge in [0.2, 0.25) is 0 Å². The van der Waals surface area contributed by atoms with Crippen molar-refractivity contribution in [1.82, 2.24) is 4.90 Å². The van der Waals surface area contributed by atoms with Gasteiger partial charge in [-0.05, 0) is 28.7 Å². The summed E-state index contributed by atoms with van der Waals surface area (Å²) in [5.41, 5.74) is 0. The van der Waals surface area contributed by atoms with Gasteiger partial charge in [0, 0.05) is 14.1 Å². The van der Waals surface area contributed by atoms with E-state index in [-0.39, 0.29) is 0 Å². The summed E-state index contributed by atoms with van der Waals surface area (Å²) in [6.07, 6.45) is 1.81. The van der Waals surface area contributed by atoms with Gasteiger partial charge in [0.05, 0.1) is 0 Å². The van der Waals surface area contributed by atoms with Crippen LogP contribution < -0.4 is 0 Å². The SMILES string of the molecule is CSC(=NP(=O)(Cl)Cl)N(C)C. The Morgan fingerprint density at radius 2 is 2.00 bits per heavy atom. The van der Waals surface area contributed by atoms with Crippen molar-refractivity contribution in [3.8, 4) is 0 Å². The number of hydrogen-bond acceptors (Lipinski definition) is 2. The molecule has 0 N–H and O–H groups in total. The molecule has 0 aromatic rings. The summed E-state index contributed by atoms with van der Waals surface area (Å²) >= 11 is 11.8. The molecule has 0 atom stereocenters. The molecular formula is C4H9Cl2N2OPS. The van der Waals surface area contributed by atoms with Crippen LogP contribution in [0, 0.1) is 0 Å². The predicted molar refractivity (Wildman–Crippen MR) is 53.9 cm³/mol. The van der Waals surface area contributed by atoms with Crippen molar-refractivity contribution in [2.45, 2.75) is 0 Å². The molecule has 0 saturated carbocycles. The first-order chi connectivity index (χ1) is 4.87. The van der Waals surface area contributed by atoms with E-state index in [1.54, 1.807) is 19.0 Å². The van der Waals surface area contributed by atoms with Gasteiger partial charge in [0.1, 0.15) is 0 Å². The fourth-order valence-electron chi connectivity index (χ4n) is 0.412. The lowest BCUT2D eigenvalue weighted by molar-refractivity contribution is 0.591. The molecular weight excluding hydrogens is 226 g/mol. The van der Waals surface area contributed by atoms with Crippen molar-refractivity contribution in [1.29, 1.82) is 0 Å². The van der Waals surface area contributed by atoms with Gasteiger partial charge in [-0.15, -0.1) is 0 Å². The molecule has 0 unspecified atom stereocenters. The quantitative estimate of drug-likeness (QED) is 0.398. The molecule has 11 heavy (non-hydrogen) atoms.